The minimum absolute atomic E-state index is 0.0619. The highest BCUT2D eigenvalue weighted by molar-refractivity contribution is 7.93. The molecule has 0 bridgehead atoms. The molecule has 0 spiro atoms. The number of nitrogens with zero attached hydrogens (tertiary/aromatic N) is 3. The van der Waals surface area contributed by atoms with Crippen molar-refractivity contribution in [1.82, 2.24) is 4.98 Å². The van der Waals surface area contributed by atoms with Crippen LogP contribution in [0.2, 0.25) is 0 Å². The molecule has 2 aliphatic rings. The number of rotatable bonds is 4. The van der Waals surface area contributed by atoms with E-state index in [0.29, 0.717) is 35.1 Å². The van der Waals surface area contributed by atoms with Gasteiger partial charge in [0.25, 0.3) is 5.91 Å². The summed E-state index contributed by atoms with van der Waals surface area (Å²) >= 11 is 0. The van der Waals surface area contributed by atoms with Crippen LogP contribution < -0.4 is 10.2 Å². The summed E-state index contributed by atoms with van der Waals surface area (Å²) in [5.74, 6) is 3.72. The summed E-state index contributed by atoms with van der Waals surface area (Å²) < 4.78 is 50.5. The van der Waals surface area contributed by atoms with Crippen LogP contribution >= 0.6 is 0 Å². The van der Waals surface area contributed by atoms with E-state index >= 15 is 0 Å². The van der Waals surface area contributed by atoms with Crippen molar-refractivity contribution in [3.8, 4) is 11.8 Å². The number of hydrogen-bond donors (Lipinski definition) is 1. The summed E-state index contributed by atoms with van der Waals surface area (Å²) in [6, 6.07) is 6.25. The third kappa shape index (κ3) is 8.26. The van der Waals surface area contributed by atoms with Crippen molar-refractivity contribution in [2.75, 3.05) is 29.6 Å². The quantitative estimate of drug-likeness (QED) is 0.415. The predicted molar refractivity (Wildman–Crippen MR) is 155 cm³/mol. The second-order valence-corrected chi connectivity index (χ2v) is 13.9. The van der Waals surface area contributed by atoms with E-state index in [4.69, 9.17) is 4.74 Å². The van der Waals surface area contributed by atoms with Crippen LogP contribution in [0.25, 0.3) is 0 Å². The number of ether oxygens (including phenoxy) is 1. The number of alkyl halides is 2. The van der Waals surface area contributed by atoms with E-state index in [0.717, 1.165) is 12.8 Å². The molecule has 1 N–H and O–H groups in total. The molecule has 2 amide bonds. The van der Waals surface area contributed by atoms with Crippen LogP contribution in [0.15, 0.2) is 39.7 Å². The van der Waals surface area contributed by atoms with Crippen molar-refractivity contribution in [2.45, 2.75) is 76.2 Å². The van der Waals surface area contributed by atoms with Crippen LogP contribution in [-0.4, -0.2) is 52.1 Å². The minimum atomic E-state index is -3.18. The Balaban J connectivity index is 1.67. The minimum Gasteiger partial charge on any atom is -0.442 e. The molecule has 220 valence electrons. The molecule has 4 rings (SSSR count). The Hall–Kier alpha value is -3.52. The highest BCUT2D eigenvalue weighted by Gasteiger charge is 2.33. The van der Waals surface area contributed by atoms with Gasteiger partial charge in [-0.05, 0) is 70.7 Å². The molecular formula is C30H36F2N4O4S. The third-order valence-electron chi connectivity index (χ3n) is 6.72. The number of nitrogens with one attached hydrogen (secondary N) is 1. The molecular weight excluding hydrogens is 550 g/mol. The van der Waals surface area contributed by atoms with Crippen molar-refractivity contribution in [2.24, 2.45) is 10.3 Å². The lowest BCUT2D eigenvalue weighted by atomic mass is 10.0. The molecule has 41 heavy (non-hydrogen) atoms. The summed E-state index contributed by atoms with van der Waals surface area (Å²) in [6.07, 6.45) is 3.79. The monoisotopic (exact) mass is 586 g/mol. The van der Waals surface area contributed by atoms with Crippen molar-refractivity contribution < 1.29 is 27.3 Å². The lowest BCUT2D eigenvalue weighted by molar-refractivity contribution is -0.0102. The van der Waals surface area contributed by atoms with E-state index in [9.17, 15) is 22.6 Å². The van der Waals surface area contributed by atoms with E-state index in [-0.39, 0.29) is 36.3 Å². The molecule has 1 aromatic carbocycles. The van der Waals surface area contributed by atoms with E-state index in [1.54, 1.807) is 57.0 Å². The van der Waals surface area contributed by atoms with Gasteiger partial charge in [0.15, 0.2) is 0 Å². The number of hydrogen-bond acceptors (Lipinski definition) is 6. The van der Waals surface area contributed by atoms with Crippen molar-refractivity contribution in [3.05, 3.63) is 47.2 Å². The number of amides is 2. The van der Waals surface area contributed by atoms with Gasteiger partial charge in [-0.25, -0.2) is 22.8 Å². The molecule has 11 heteroatoms. The number of pyridine rings is 1. The Bertz CT molecular complexity index is 1530. The molecule has 0 radical (unpaired) electrons. The average molecular weight is 587 g/mol. The van der Waals surface area contributed by atoms with Crippen LogP contribution in [-0.2, 0) is 14.5 Å². The van der Waals surface area contributed by atoms with Gasteiger partial charge in [-0.1, -0.05) is 17.9 Å². The second-order valence-electron chi connectivity index (χ2n) is 11.6. The largest absolute Gasteiger partial charge is 0.442 e. The van der Waals surface area contributed by atoms with Crippen LogP contribution in [0.4, 0.5) is 25.1 Å². The summed E-state index contributed by atoms with van der Waals surface area (Å²) in [6.45, 7) is 7.23. The molecule has 1 saturated heterocycles. The molecule has 0 unspecified atom stereocenters. The summed E-state index contributed by atoms with van der Waals surface area (Å²) in [5.41, 5.74) is 0.984. The maximum Gasteiger partial charge on any atom is 0.442 e. The lowest BCUT2D eigenvalue weighted by Gasteiger charge is -2.25. The lowest BCUT2D eigenvalue weighted by Crippen LogP contribution is -2.30. The first-order valence-electron chi connectivity index (χ1n) is 13.6. The number of carbonyl (C=O) groups excluding carboxylic acids is 2. The fourth-order valence-corrected chi connectivity index (χ4v) is 5.49. The van der Waals surface area contributed by atoms with E-state index in [1.165, 1.54) is 12.3 Å². The number of halogens is 2. The van der Waals surface area contributed by atoms with Gasteiger partial charge in [0.1, 0.15) is 11.4 Å². The second kappa shape index (κ2) is 11.8. The maximum absolute atomic E-state index is 14.1. The van der Waals surface area contributed by atoms with Gasteiger partial charge in [-0.2, -0.15) is 0 Å². The Morgan fingerprint density at radius 1 is 1.22 bits per heavy atom. The number of carbonyl (C=O) groups is 2. The normalized spacial score (nSPS) is 18.3. The van der Waals surface area contributed by atoms with Crippen LogP contribution in [0.5, 0.6) is 0 Å². The molecule has 1 aliphatic carbocycles. The van der Waals surface area contributed by atoms with E-state index in [1.807, 2.05) is 0 Å². The van der Waals surface area contributed by atoms with Crippen molar-refractivity contribution >= 4 is 33.2 Å². The molecule has 2 fully saturated rings. The first kappa shape index (κ1) is 30.4. The molecule has 1 aliphatic heterocycles. The van der Waals surface area contributed by atoms with E-state index in [2.05, 4.69) is 26.5 Å². The highest BCUT2D eigenvalue weighted by atomic mass is 32.2. The first-order valence-corrected chi connectivity index (χ1v) is 15.6. The number of anilines is 2. The summed E-state index contributed by atoms with van der Waals surface area (Å²) in [4.78, 5) is 32.5. The van der Waals surface area contributed by atoms with Gasteiger partial charge < -0.3 is 15.0 Å². The topological polar surface area (TPSA) is 101 Å². The molecule has 2 heterocycles. The van der Waals surface area contributed by atoms with E-state index < -0.39 is 33.3 Å². The first-order chi connectivity index (χ1) is 19.1. The van der Waals surface area contributed by atoms with Gasteiger partial charge in [-0.3, -0.25) is 4.79 Å². The van der Waals surface area contributed by atoms with Gasteiger partial charge >= 0.3 is 6.09 Å². The maximum atomic E-state index is 14.1. The van der Waals surface area contributed by atoms with Gasteiger partial charge in [0.2, 0.25) is 5.92 Å². The van der Waals surface area contributed by atoms with Gasteiger partial charge in [-0.15, -0.1) is 4.36 Å². The summed E-state index contributed by atoms with van der Waals surface area (Å²) in [5, 5.41) is 2.83. The molecule has 1 saturated carbocycles. The number of aromatic nitrogens is 1. The zero-order valence-electron chi connectivity index (χ0n) is 24.1. The zero-order valence-corrected chi connectivity index (χ0v) is 24.9. The fourth-order valence-electron chi connectivity index (χ4n) is 4.39. The smallest absolute Gasteiger partial charge is 0.442 e. The molecule has 1 aromatic heterocycles. The Morgan fingerprint density at radius 3 is 2.63 bits per heavy atom. The predicted octanol–water partition coefficient (Wildman–Crippen LogP) is 6.42. The standard InChI is InChI=1S/C30H36F2N4O4S/c1-20-22(13-12-21-10-11-21)19-33-26(36-16-7-14-30(31,32)15-17-36)25(20)27(37)34-23-8-6-9-24(18-23)41(5,39)35-28(38)40-29(2,3)4/h6,8-9,18-19,21H,7,10-11,14-17H2,1-5H3,(H,34,37)/t41-/m1/s1. The van der Waals surface area contributed by atoms with Gasteiger partial charge in [0, 0.05) is 60.4 Å². The Kier molecular flexibility index (Phi) is 8.73. The van der Waals surface area contributed by atoms with Crippen molar-refractivity contribution in [1.29, 1.82) is 0 Å². The Morgan fingerprint density at radius 2 is 1.95 bits per heavy atom. The SMILES string of the molecule is Cc1c(C#CC2CC2)cnc(N2CCCC(F)(F)CC2)c1C(=O)Nc1cccc([S@@](C)(=O)=NC(=O)OC(C)(C)C)c1. The number of benzene rings is 1. The zero-order chi connectivity index (χ0) is 30.0. The third-order valence-corrected chi connectivity index (χ3v) is 8.35. The van der Waals surface area contributed by atoms with Crippen molar-refractivity contribution in [3.63, 3.8) is 0 Å². The van der Waals surface area contributed by atoms with Crippen LogP contribution in [0.3, 0.4) is 0 Å². The average Bonchev–Trinajstić information content (AvgIpc) is 3.69. The highest BCUT2D eigenvalue weighted by Crippen LogP contribution is 2.33. The van der Waals surface area contributed by atoms with Crippen LogP contribution in [0.1, 0.15) is 74.4 Å². The summed E-state index contributed by atoms with van der Waals surface area (Å²) in [7, 11) is -3.18. The Labute approximate surface area is 240 Å². The molecule has 1 atom stereocenters. The van der Waals surface area contributed by atoms with Gasteiger partial charge in [0.05, 0.1) is 15.3 Å². The van der Waals surface area contributed by atoms with Crippen LogP contribution in [0, 0.1) is 24.7 Å². The fraction of sp³-hybridized carbons (Fsp3) is 0.500. The molecule has 2 aromatic rings. The molecule has 8 nitrogen and oxygen atoms in total.